The average molecular weight is 309 g/mol. The molecule has 2 rings (SSSR count). The van der Waals surface area contributed by atoms with Gasteiger partial charge in [-0.25, -0.2) is 13.1 Å². The molecule has 1 N–H and O–H groups in total. The third kappa shape index (κ3) is 3.69. The van der Waals surface area contributed by atoms with E-state index in [2.05, 4.69) is 18.6 Å². The van der Waals surface area contributed by atoms with Gasteiger partial charge >= 0.3 is 0 Å². The highest BCUT2D eigenvalue weighted by molar-refractivity contribution is 7.89. The Morgan fingerprint density at radius 1 is 1.20 bits per heavy atom. The van der Waals surface area contributed by atoms with E-state index in [1.807, 2.05) is 29.6 Å². The SMILES string of the molecule is CCC(C)c1ccc(S(=O)(=O)NCc2cccs2)cc1. The summed E-state index contributed by atoms with van der Waals surface area (Å²) in [7, 11) is -3.43. The van der Waals surface area contributed by atoms with Crippen molar-refractivity contribution in [3.63, 3.8) is 0 Å². The number of hydrogen-bond acceptors (Lipinski definition) is 3. The Bertz CT molecular complexity index is 631. The molecule has 5 heteroatoms. The van der Waals surface area contributed by atoms with E-state index in [0.29, 0.717) is 17.4 Å². The number of hydrogen-bond donors (Lipinski definition) is 1. The number of thiophene rings is 1. The van der Waals surface area contributed by atoms with Gasteiger partial charge in [-0.1, -0.05) is 32.0 Å². The third-order valence-electron chi connectivity index (χ3n) is 3.39. The van der Waals surface area contributed by atoms with Crippen molar-refractivity contribution in [3.05, 3.63) is 52.2 Å². The minimum absolute atomic E-state index is 0.320. The van der Waals surface area contributed by atoms with E-state index < -0.39 is 10.0 Å². The number of nitrogens with one attached hydrogen (secondary N) is 1. The molecular formula is C15H19NO2S2. The first-order chi connectivity index (χ1) is 9.53. The Morgan fingerprint density at radius 2 is 1.90 bits per heavy atom. The van der Waals surface area contributed by atoms with E-state index in [4.69, 9.17) is 0 Å². The molecule has 1 aromatic carbocycles. The molecule has 20 heavy (non-hydrogen) atoms. The summed E-state index contributed by atoms with van der Waals surface area (Å²) in [6.07, 6.45) is 1.04. The largest absolute Gasteiger partial charge is 0.240 e. The number of sulfonamides is 1. The van der Waals surface area contributed by atoms with Crippen LogP contribution in [0.5, 0.6) is 0 Å². The number of benzene rings is 1. The zero-order valence-electron chi connectivity index (χ0n) is 11.7. The van der Waals surface area contributed by atoms with E-state index in [0.717, 1.165) is 11.3 Å². The van der Waals surface area contributed by atoms with Gasteiger partial charge in [0.25, 0.3) is 0 Å². The van der Waals surface area contributed by atoms with Crippen LogP contribution in [-0.4, -0.2) is 8.42 Å². The summed E-state index contributed by atoms with van der Waals surface area (Å²) in [5.41, 5.74) is 1.17. The predicted octanol–water partition coefficient (Wildman–Crippen LogP) is 3.74. The van der Waals surface area contributed by atoms with E-state index >= 15 is 0 Å². The van der Waals surface area contributed by atoms with Crippen molar-refractivity contribution in [2.45, 2.75) is 37.6 Å². The van der Waals surface area contributed by atoms with Crippen LogP contribution in [0, 0.1) is 0 Å². The van der Waals surface area contributed by atoms with Crippen LogP contribution < -0.4 is 4.72 Å². The van der Waals surface area contributed by atoms with Gasteiger partial charge in [-0.05, 0) is 41.5 Å². The summed E-state index contributed by atoms with van der Waals surface area (Å²) in [6.45, 7) is 4.60. The quantitative estimate of drug-likeness (QED) is 0.883. The summed E-state index contributed by atoms with van der Waals surface area (Å²) in [6, 6.07) is 11.0. The lowest BCUT2D eigenvalue weighted by Gasteiger charge is -2.10. The maximum absolute atomic E-state index is 12.2. The molecule has 0 saturated carbocycles. The molecule has 0 amide bonds. The number of rotatable bonds is 6. The fraction of sp³-hybridized carbons (Fsp3) is 0.333. The van der Waals surface area contributed by atoms with Crippen LogP contribution in [-0.2, 0) is 16.6 Å². The molecule has 1 unspecified atom stereocenters. The van der Waals surface area contributed by atoms with Crippen molar-refractivity contribution in [2.75, 3.05) is 0 Å². The molecule has 0 radical (unpaired) electrons. The van der Waals surface area contributed by atoms with Gasteiger partial charge in [-0.15, -0.1) is 11.3 Å². The Kier molecular flexibility index (Phi) is 4.96. The lowest BCUT2D eigenvalue weighted by atomic mass is 9.99. The summed E-state index contributed by atoms with van der Waals surface area (Å²) >= 11 is 1.54. The van der Waals surface area contributed by atoms with Crippen molar-refractivity contribution in [1.82, 2.24) is 4.72 Å². The molecule has 0 saturated heterocycles. The Labute approximate surface area is 124 Å². The van der Waals surface area contributed by atoms with Gasteiger partial charge in [-0.2, -0.15) is 0 Å². The molecule has 1 aromatic heterocycles. The van der Waals surface area contributed by atoms with E-state index in [1.165, 1.54) is 5.56 Å². The van der Waals surface area contributed by atoms with Crippen LogP contribution in [0.2, 0.25) is 0 Å². The molecule has 1 heterocycles. The molecule has 0 bridgehead atoms. The second-order valence-corrected chi connectivity index (χ2v) is 7.58. The molecule has 1 atom stereocenters. The van der Waals surface area contributed by atoms with Crippen molar-refractivity contribution >= 4 is 21.4 Å². The van der Waals surface area contributed by atoms with Gasteiger partial charge in [0.05, 0.1) is 4.90 Å². The van der Waals surface area contributed by atoms with Crippen LogP contribution in [0.1, 0.15) is 36.6 Å². The van der Waals surface area contributed by atoms with Crippen molar-refractivity contribution < 1.29 is 8.42 Å². The smallest absolute Gasteiger partial charge is 0.207 e. The fourth-order valence-electron chi connectivity index (χ4n) is 1.87. The average Bonchev–Trinajstić information content (AvgIpc) is 2.98. The predicted molar refractivity (Wildman–Crippen MR) is 83.5 cm³/mol. The zero-order valence-corrected chi connectivity index (χ0v) is 13.3. The second kappa shape index (κ2) is 6.52. The molecule has 0 spiro atoms. The topological polar surface area (TPSA) is 46.2 Å². The molecule has 3 nitrogen and oxygen atoms in total. The summed E-state index contributed by atoms with van der Waals surface area (Å²) < 4.78 is 27.0. The van der Waals surface area contributed by atoms with Gasteiger partial charge < -0.3 is 0 Å². The molecule has 0 aliphatic heterocycles. The highest BCUT2D eigenvalue weighted by atomic mass is 32.2. The van der Waals surface area contributed by atoms with E-state index in [9.17, 15) is 8.42 Å². The van der Waals surface area contributed by atoms with Crippen molar-refractivity contribution in [3.8, 4) is 0 Å². The van der Waals surface area contributed by atoms with Crippen molar-refractivity contribution in [2.24, 2.45) is 0 Å². The Hall–Kier alpha value is -1.17. The zero-order chi connectivity index (χ0) is 14.6. The Balaban J connectivity index is 2.09. The molecule has 0 fully saturated rings. The van der Waals surface area contributed by atoms with Crippen LogP contribution in [0.3, 0.4) is 0 Å². The third-order valence-corrected chi connectivity index (χ3v) is 5.68. The standard InChI is InChI=1S/C15H19NO2S2/c1-3-12(2)13-6-8-15(9-7-13)20(17,18)16-11-14-5-4-10-19-14/h4-10,12,16H,3,11H2,1-2H3. The van der Waals surface area contributed by atoms with Crippen LogP contribution >= 0.6 is 11.3 Å². The maximum atomic E-state index is 12.2. The molecule has 2 aromatic rings. The van der Waals surface area contributed by atoms with Crippen LogP contribution in [0.25, 0.3) is 0 Å². The van der Waals surface area contributed by atoms with Crippen molar-refractivity contribution in [1.29, 1.82) is 0 Å². The first kappa shape index (κ1) is 15.2. The molecule has 108 valence electrons. The first-order valence-electron chi connectivity index (χ1n) is 6.65. The minimum atomic E-state index is -3.43. The van der Waals surface area contributed by atoms with Crippen LogP contribution in [0.15, 0.2) is 46.7 Å². The lowest BCUT2D eigenvalue weighted by molar-refractivity contribution is 0.581. The fourth-order valence-corrected chi connectivity index (χ4v) is 3.62. The molecule has 0 aliphatic rings. The van der Waals surface area contributed by atoms with Gasteiger partial charge in [0.2, 0.25) is 10.0 Å². The lowest BCUT2D eigenvalue weighted by Crippen LogP contribution is -2.22. The van der Waals surface area contributed by atoms with Gasteiger partial charge in [0.15, 0.2) is 0 Å². The van der Waals surface area contributed by atoms with Gasteiger partial charge in [0, 0.05) is 11.4 Å². The monoisotopic (exact) mass is 309 g/mol. The van der Waals surface area contributed by atoms with Gasteiger partial charge in [-0.3, -0.25) is 0 Å². The van der Waals surface area contributed by atoms with E-state index in [1.54, 1.807) is 23.5 Å². The summed E-state index contributed by atoms with van der Waals surface area (Å²) in [5.74, 6) is 0.450. The summed E-state index contributed by atoms with van der Waals surface area (Å²) in [4.78, 5) is 1.32. The molecule has 0 aliphatic carbocycles. The van der Waals surface area contributed by atoms with Crippen LogP contribution in [0.4, 0.5) is 0 Å². The maximum Gasteiger partial charge on any atom is 0.240 e. The normalized spacial score (nSPS) is 13.3. The van der Waals surface area contributed by atoms with Gasteiger partial charge in [0.1, 0.15) is 0 Å². The first-order valence-corrected chi connectivity index (χ1v) is 9.01. The molecular weight excluding hydrogens is 290 g/mol. The highest BCUT2D eigenvalue weighted by Crippen LogP contribution is 2.20. The van der Waals surface area contributed by atoms with E-state index in [-0.39, 0.29) is 0 Å². The minimum Gasteiger partial charge on any atom is -0.207 e. The summed E-state index contributed by atoms with van der Waals surface area (Å²) in [5, 5.41) is 1.94. The second-order valence-electron chi connectivity index (χ2n) is 4.78. The highest BCUT2D eigenvalue weighted by Gasteiger charge is 2.14. The Morgan fingerprint density at radius 3 is 2.45 bits per heavy atom.